The van der Waals surface area contributed by atoms with E-state index < -0.39 is 5.82 Å². The number of nitrogens with one attached hydrogen (secondary N) is 2. The lowest BCUT2D eigenvalue weighted by atomic mass is 10.0. The van der Waals surface area contributed by atoms with Gasteiger partial charge in [0.25, 0.3) is 0 Å². The van der Waals surface area contributed by atoms with Crippen LogP contribution in [-0.2, 0) is 29.6 Å². The van der Waals surface area contributed by atoms with Gasteiger partial charge in [0.1, 0.15) is 0 Å². The number of anilines is 4. The normalized spacial score (nSPS) is 13.0. The number of fused-ring (bicyclic) bond motifs is 2. The summed E-state index contributed by atoms with van der Waals surface area (Å²) < 4.78 is 23.6. The van der Waals surface area contributed by atoms with Crippen LogP contribution in [0.1, 0.15) is 25.1 Å². The first kappa shape index (κ1) is 27.5. The Kier molecular flexibility index (Phi) is 7.99. The third kappa shape index (κ3) is 5.64. The molecule has 1 amide bonds. The summed E-state index contributed by atoms with van der Waals surface area (Å²) in [4.78, 5) is 25.8. The summed E-state index contributed by atoms with van der Waals surface area (Å²) in [7, 11) is 5.97. The lowest BCUT2D eigenvalue weighted by Crippen LogP contribution is -2.33. The molecule has 0 radical (unpaired) electrons. The number of para-hydroxylation sites is 1. The standard InChI is InChI=1S/C30H36FN7O2/c1-6-38(13-12-36(3)4)29-24(31)15-20(16-26(29)32-19(2)39)33-30-34-25-11-14-40-18-23(25)28(35-30)22-17-37(5)27-10-8-7-9-21(22)27/h7-10,15-17H,6,11-14,18H2,1-5H3,(H,32,39)(H,33,34,35). The maximum absolute atomic E-state index is 15.7. The third-order valence-electron chi connectivity index (χ3n) is 7.12. The fourth-order valence-electron chi connectivity index (χ4n) is 5.20. The van der Waals surface area contributed by atoms with Crippen molar-refractivity contribution in [2.24, 2.45) is 7.05 Å². The average Bonchev–Trinajstić information content (AvgIpc) is 3.25. The monoisotopic (exact) mass is 545 g/mol. The van der Waals surface area contributed by atoms with Crippen LogP contribution in [0.5, 0.6) is 0 Å². The number of carbonyl (C=O) groups is 1. The number of hydrogen-bond acceptors (Lipinski definition) is 7. The van der Waals surface area contributed by atoms with Crippen LogP contribution in [0, 0.1) is 5.82 Å². The smallest absolute Gasteiger partial charge is 0.228 e. The molecule has 0 bridgehead atoms. The number of carbonyl (C=O) groups excluding carboxylic acids is 1. The molecule has 0 unspecified atom stereocenters. The van der Waals surface area contributed by atoms with E-state index in [0.29, 0.717) is 55.7 Å². The second-order valence-electron chi connectivity index (χ2n) is 10.3. The zero-order valence-electron chi connectivity index (χ0n) is 23.7. The summed E-state index contributed by atoms with van der Waals surface area (Å²) in [5.74, 6) is -0.343. The second-order valence-corrected chi connectivity index (χ2v) is 10.3. The molecule has 0 fully saturated rings. The van der Waals surface area contributed by atoms with Gasteiger partial charge in [-0.2, -0.15) is 0 Å². The zero-order chi connectivity index (χ0) is 28.4. The maximum atomic E-state index is 15.7. The summed E-state index contributed by atoms with van der Waals surface area (Å²) in [5.41, 5.74) is 5.98. The molecule has 2 aromatic carbocycles. The van der Waals surface area contributed by atoms with Gasteiger partial charge in [0.05, 0.1) is 36.0 Å². The molecule has 3 heterocycles. The quantitative estimate of drug-likeness (QED) is 0.308. The zero-order valence-corrected chi connectivity index (χ0v) is 23.7. The minimum atomic E-state index is -0.435. The van der Waals surface area contributed by atoms with E-state index in [9.17, 15) is 4.79 Å². The predicted octanol–water partition coefficient (Wildman–Crippen LogP) is 4.94. The molecule has 210 valence electrons. The third-order valence-corrected chi connectivity index (χ3v) is 7.12. The molecule has 40 heavy (non-hydrogen) atoms. The summed E-state index contributed by atoms with van der Waals surface area (Å²) in [5, 5.41) is 7.12. The van der Waals surface area contributed by atoms with Crippen molar-refractivity contribution in [2.45, 2.75) is 26.9 Å². The SMILES string of the molecule is CCN(CCN(C)C)c1c(F)cc(Nc2nc3c(c(-c4cn(C)c5ccccc45)n2)COCC3)cc1NC(C)=O. The molecule has 0 atom stereocenters. The molecule has 4 aromatic rings. The van der Waals surface area contributed by atoms with Gasteiger partial charge >= 0.3 is 0 Å². The highest BCUT2D eigenvalue weighted by molar-refractivity contribution is 5.96. The molecule has 1 aliphatic rings. The van der Waals surface area contributed by atoms with Crippen LogP contribution in [0.4, 0.5) is 27.4 Å². The molecule has 0 saturated carbocycles. The number of hydrogen-bond donors (Lipinski definition) is 2. The first-order chi connectivity index (χ1) is 19.2. The number of nitrogens with zero attached hydrogens (tertiary/aromatic N) is 5. The highest BCUT2D eigenvalue weighted by Crippen LogP contribution is 2.37. The molecular formula is C30H36FN7O2. The van der Waals surface area contributed by atoms with Crippen LogP contribution in [0.15, 0.2) is 42.6 Å². The van der Waals surface area contributed by atoms with Crippen molar-refractivity contribution in [1.29, 1.82) is 0 Å². The van der Waals surface area contributed by atoms with Crippen LogP contribution in [-0.4, -0.2) is 65.7 Å². The van der Waals surface area contributed by atoms with Crippen molar-refractivity contribution in [3.05, 3.63) is 59.7 Å². The summed E-state index contributed by atoms with van der Waals surface area (Å²) in [6, 6.07) is 11.4. The lowest BCUT2D eigenvalue weighted by Gasteiger charge is -2.28. The largest absolute Gasteiger partial charge is 0.376 e. The van der Waals surface area contributed by atoms with E-state index in [-0.39, 0.29) is 5.91 Å². The van der Waals surface area contributed by atoms with Gasteiger partial charge in [-0.25, -0.2) is 14.4 Å². The fourth-order valence-corrected chi connectivity index (χ4v) is 5.20. The number of rotatable bonds is 9. The van der Waals surface area contributed by atoms with E-state index in [1.54, 1.807) is 6.07 Å². The van der Waals surface area contributed by atoms with Gasteiger partial charge in [0.15, 0.2) is 5.82 Å². The van der Waals surface area contributed by atoms with Crippen molar-refractivity contribution in [2.75, 3.05) is 55.9 Å². The maximum Gasteiger partial charge on any atom is 0.228 e. The topological polar surface area (TPSA) is 87.6 Å². The van der Waals surface area contributed by atoms with Gasteiger partial charge in [-0.15, -0.1) is 0 Å². The van der Waals surface area contributed by atoms with E-state index in [1.807, 2.05) is 50.0 Å². The minimum Gasteiger partial charge on any atom is -0.376 e. The van der Waals surface area contributed by atoms with Gasteiger partial charge in [0, 0.05) is 73.9 Å². The molecule has 9 nitrogen and oxygen atoms in total. The van der Waals surface area contributed by atoms with Gasteiger partial charge in [-0.1, -0.05) is 18.2 Å². The van der Waals surface area contributed by atoms with Gasteiger partial charge in [-0.05, 0) is 39.2 Å². The first-order valence-electron chi connectivity index (χ1n) is 13.5. The molecule has 5 rings (SSSR count). The highest BCUT2D eigenvalue weighted by atomic mass is 19.1. The number of aromatic nitrogens is 3. The number of halogens is 1. The van der Waals surface area contributed by atoms with Crippen LogP contribution >= 0.6 is 0 Å². The predicted molar refractivity (Wildman–Crippen MR) is 158 cm³/mol. The Balaban J connectivity index is 1.57. The number of ether oxygens (including phenoxy) is 1. The van der Waals surface area contributed by atoms with Gasteiger partial charge in [-0.3, -0.25) is 4.79 Å². The van der Waals surface area contributed by atoms with E-state index in [4.69, 9.17) is 14.7 Å². The van der Waals surface area contributed by atoms with E-state index in [0.717, 1.165) is 40.0 Å². The van der Waals surface area contributed by atoms with Gasteiger partial charge in [0.2, 0.25) is 11.9 Å². The Morgan fingerprint density at radius 1 is 1.18 bits per heavy atom. The van der Waals surface area contributed by atoms with E-state index in [1.165, 1.54) is 13.0 Å². The van der Waals surface area contributed by atoms with Crippen LogP contribution in [0.3, 0.4) is 0 Å². The van der Waals surface area contributed by atoms with E-state index >= 15 is 4.39 Å². The summed E-state index contributed by atoms with van der Waals surface area (Å²) >= 11 is 0. The molecule has 1 aliphatic heterocycles. The van der Waals surface area contributed by atoms with Crippen molar-refractivity contribution >= 4 is 39.8 Å². The first-order valence-corrected chi connectivity index (χ1v) is 13.5. The number of amides is 1. The van der Waals surface area contributed by atoms with Crippen LogP contribution in [0.2, 0.25) is 0 Å². The van der Waals surface area contributed by atoms with E-state index in [2.05, 4.69) is 33.5 Å². The Hall–Kier alpha value is -4.02. The minimum absolute atomic E-state index is 0.273. The van der Waals surface area contributed by atoms with Crippen LogP contribution < -0.4 is 15.5 Å². The number of aryl methyl sites for hydroxylation is 1. The Morgan fingerprint density at radius 3 is 2.73 bits per heavy atom. The van der Waals surface area contributed by atoms with Crippen molar-refractivity contribution in [1.82, 2.24) is 19.4 Å². The van der Waals surface area contributed by atoms with Crippen molar-refractivity contribution in [3.8, 4) is 11.3 Å². The Morgan fingerprint density at radius 2 is 1.98 bits per heavy atom. The second kappa shape index (κ2) is 11.6. The van der Waals surface area contributed by atoms with Crippen LogP contribution in [0.25, 0.3) is 22.2 Å². The average molecular weight is 546 g/mol. The molecule has 10 heteroatoms. The molecule has 0 spiro atoms. The fraction of sp³-hybridized carbons (Fsp3) is 0.367. The Bertz CT molecular complexity index is 1550. The summed E-state index contributed by atoms with van der Waals surface area (Å²) in [6.45, 7) is 6.36. The van der Waals surface area contributed by atoms with Crippen molar-refractivity contribution < 1.29 is 13.9 Å². The number of likely N-dealkylation sites (N-methyl/N-ethyl adjacent to an activating group) is 2. The molecule has 2 aromatic heterocycles. The lowest BCUT2D eigenvalue weighted by molar-refractivity contribution is -0.114. The molecule has 0 aliphatic carbocycles. The highest BCUT2D eigenvalue weighted by Gasteiger charge is 2.23. The van der Waals surface area contributed by atoms with Gasteiger partial charge < -0.3 is 29.7 Å². The summed E-state index contributed by atoms with van der Waals surface area (Å²) in [6.07, 6.45) is 2.73. The molecular weight excluding hydrogens is 509 g/mol. The number of benzene rings is 2. The molecule has 0 saturated heterocycles. The van der Waals surface area contributed by atoms with Crippen molar-refractivity contribution in [3.63, 3.8) is 0 Å². The molecule has 2 N–H and O–H groups in total. The Labute approximate surface area is 234 Å².